The Morgan fingerprint density at radius 3 is 2.68 bits per heavy atom. The van der Waals surface area contributed by atoms with E-state index in [9.17, 15) is 14.6 Å². The fraction of sp³-hybridized carbons (Fsp3) is 0.706. The number of pyridine rings is 1. The first-order chi connectivity index (χ1) is 11.5. The molecule has 144 valence electrons. The van der Waals surface area contributed by atoms with Crippen molar-refractivity contribution in [2.24, 2.45) is 5.92 Å². The summed E-state index contributed by atoms with van der Waals surface area (Å²) in [5.41, 5.74) is 0.970. The van der Waals surface area contributed by atoms with E-state index in [1.165, 1.54) is 6.42 Å². The quantitative estimate of drug-likeness (QED) is 0.560. The van der Waals surface area contributed by atoms with Crippen molar-refractivity contribution in [1.29, 1.82) is 0 Å². The van der Waals surface area contributed by atoms with E-state index in [1.807, 2.05) is 6.07 Å². The molecule has 8 heteroatoms. The van der Waals surface area contributed by atoms with Crippen molar-refractivity contribution in [2.75, 3.05) is 26.0 Å². The smallest absolute Gasteiger partial charge is 0.212 e. The lowest BCUT2D eigenvalue weighted by Crippen LogP contribution is -2.30. The van der Waals surface area contributed by atoms with Gasteiger partial charge < -0.3 is 20.1 Å². The second-order valence-electron chi connectivity index (χ2n) is 6.71. The van der Waals surface area contributed by atoms with Crippen LogP contribution < -0.4 is 10.1 Å². The maximum absolute atomic E-state index is 12.3. The molecule has 1 unspecified atom stereocenters. The van der Waals surface area contributed by atoms with Crippen molar-refractivity contribution < 1.29 is 19.3 Å². The molecule has 1 heterocycles. The van der Waals surface area contributed by atoms with Crippen molar-refractivity contribution in [3.05, 3.63) is 23.9 Å². The number of halogens is 1. The molecule has 0 saturated heterocycles. The first kappa shape index (κ1) is 22.4. The highest BCUT2D eigenvalue weighted by Crippen LogP contribution is 2.45. The summed E-state index contributed by atoms with van der Waals surface area (Å²) in [7, 11) is -1.69. The molecule has 1 aromatic heterocycles. The van der Waals surface area contributed by atoms with E-state index in [0.717, 1.165) is 31.2 Å². The third-order valence-electron chi connectivity index (χ3n) is 4.48. The Morgan fingerprint density at radius 1 is 1.36 bits per heavy atom. The fourth-order valence-electron chi connectivity index (χ4n) is 3.26. The van der Waals surface area contributed by atoms with Crippen LogP contribution in [0, 0.1) is 5.92 Å². The van der Waals surface area contributed by atoms with Crippen LogP contribution in [0.3, 0.4) is 0 Å². The molecular formula is C17H30ClN2O4P. The lowest BCUT2D eigenvalue weighted by Gasteiger charge is -2.25. The lowest BCUT2D eigenvalue weighted by molar-refractivity contribution is 0.189. The SMILES string of the molecule is COc1ccc(CNC[C@@H](O)CP(=O)(O)CC2CCCCC2)cn1.Cl. The highest BCUT2D eigenvalue weighted by atomic mass is 35.5. The number of rotatable bonds is 9. The van der Waals surface area contributed by atoms with Crippen LogP contribution >= 0.6 is 19.8 Å². The number of aliphatic hydroxyl groups excluding tert-OH is 1. The number of hydrogen-bond acceptors (Lipinski definition) is 5. The Morgan fingerprint density at radius 2 is 2.08 bits per heavy atom. The van der Waals surface area contributed by atoms with Crippen LogP contribution in [-0.4, -0.2) is 47.1 Å². The van der Waals surface area contributed by atoms with Gasteiger partial charge in [0.1, 0.15) is 0 Å². The summed E-state index contributed by atoms with van der Waals surface area (Å²) in [5.74, 6) is 0.905. The zero-order valence-electron chi connectivity index (χ0n) is 14.8. The highest BCUT2D eigenvalue weighted by molar-refractivity contribution is 7.58. The molecule has 1 fully saturated rings. The number of nitrogens with zero attached hydrogens (tertiary/aromatic N) is 1. The lowest BCUT2D eigenvalue weighted by atomic mass is 9.91. The number of ether oxygens (including phenoxy) is 1. The van der Waals surface area contributed by atoms with E-state index < -0.39 is 13.5 Å². The molecule has 2 rings (SSSR count). The van der Waals surface area contributed by atoms with Gasteiger partial charge in [0.2, 0.25) is 13.2 Å². The first-order valence-electron chi connectivity index (χ1n) is 8.67. The standard InChI is InChI=1S/C17H29N2O4P.ClH/c1-23-17-8-7-15(10-19-17)9-18-11-16(20)13-24(21,22)12-14-5-3-2-4-6-14;/h7-8,10,14,16,18,20H,2-6,9,11-13H2,1H3,(H,21,22);1H/t16-;/m1./s1. The molecule has 0 aliphatic heterocycles. The van der Waals surface area contributed by atoms with Gasteiger partial charge in [0.05, 0.1) is 19.4 Å². The molecule has 25 heavy (non-hydrogen) atoms. The normalized spacial score (nSPS) is 18.8. The van der Waals surface area contributed by atoms with Crippen LogP contribution in [0.5, 0.6) is 5.88 Å². The van der Waals surface area contributed by atoms with Gasteiger partial charge in [-0.1, -0.05) is 25.3 Å². The largest absolute Gasteiger partial charge is 0.481 e. The molecular weight excluding hydrogens is 363 g/mol. The summed E-state index contributed by atoms with van der Waals surface area (Å²) in [5, 5.41) is 13.1. The van der Waals surface area contributed by atoms with Crippen LogP contribution in [0.15, 0.2) is 18.3 Å². The van der Waals surface area contributed by atoms with Crippen LogP contribution in [0.25, 0.3) is 0 Å². The third-order valence-corrected chi connectivity index (χ3v) is 6.56. The Bertz CT molecular complexity index is 538. The van der Waals surface area contributed by atoms with Gasteiger partial charge in [-0.2, -0.15) is 0 Å². The van der Waals surface area contributed by atoms with Gasteiger partial charge in [-0.25, -0.2) is 4.98 Å². The molecule has 0 aromatic carbocycles. The van der Waals surface area contributed by atoms with E-state index in [2.05, 4.69) is 10.3 Å². The second-order valence-corrected chi connectivity index (χ2v) is 9.13. The number of aliphatic hydroxyl groups is 1. The minimum Gasteiger partial charge on any atom is -0.481 e. The molecule has 1 aromatic rings. The average molecular weight is 393 g/mol. The molecule has 0 radical (unpaired) electrons. The number of aromatic nitrogens is 1. The zero-order chi connectivity index (χ0) is 17.4. The molecule has 0 bridgehead atoms. The van der Waals surface area contributed by atoms with Crippen LogP contribution in [0.2, 0.25) is 0 Å². The van der Waals surface area contributed by atoms with E-state index in [-0.39, 0.29) is 18.6 Å². The van der Waals surface area contributed by atoms with E-state index >= 15 is 0 Å². The Kier molecular flexibility index (Phi) is 9.98. The topological polar surface area (TPSA) is 91.7 Å². The van der Waals surface area contributed by atoms with Crippen molar-refractivity contribution in [2.45, 2.75) is 44.8 Å². The van der Waals surface area contributed by atoms with Crippen molar-refractivity contribution >= 4 is 19.8 Å². The van der Waals surface area contributed by atoms with Gasteiger partial charge in [-0.15, -0.1) is 12.4 Å². The summed E-state index contributed by atoms with van der Waals surface area (Å²) in [4.78, 5) is 14.3. The van der Waals surface area contributed by atoms with Crippen molar-refractivity contribution in [3.63, 3.8) is 0 Å². The summed E-state index contributed by atoms with van der Waals surface area (Å²) in [6.07, 6.45) is 6.86. The number of hydrogen-bond donors (Lipinski definition) is 3. The monoisotopic (exact) mass is 392 g/mol. The van der Waals surface area contributed by atoms with E-state index in [1.54, 1.807) is 19.4 Å². The molecule has 6 nitrogen and oxygen atoms in total. The summed E-state index contributed by atoms with van der Waals surface area (Å²) >= 11 is 0. The Labute approximate surface area is 156 Å². The predicted octanol–water partition coefficient (Wildman–Crippen LogP) is 2.81. The van der Waals surface area contributed by atoms with Gasteiger partial charge in [0, 0.05) is 31.5 Å². The third kappa shape index (κ3) is 8.52. The van der Waals surface area contributed by atoms with Gasteiger partial charge in [0.25, 0.3) is 0 Å². The maximum Gasteiger partial charge on any atom is 0.212 e. The van der Waals surface area contributed by atoms with Crippen molar-refractivity contribution in [3.8, 4) is 5.88 Å². The van der Waals surface area contributed by atoms with E-state index in [0.29, 0.717) is 31.0 Å². The summed E-state index contributed by atoms with van der Waals surface area (Å²) in [6.45, 7) is 0.841. The first-order valence-corrected chi connectivity index (χ1v) is 10.7. The minimum absolute atomic E-state index is 0. The van der Waals surface area contributed by atoms with Gasteiger partial charge in [-0.3, -0.25) is 4.57 Å². The maximum atomic E-state index is 12.3. The van der Waals surface area contributed by atoms with Gasteiger partial charge >= 0.3 is 0 Å². The van der Waals surface area contributed by atoms with Gasteiger partial charge in [0.15, 0.2) is 0 Å². The molecule has 3 N–H and O–H groups in total. The number of methoxy groups -OCH3 is 1. The average Bonchev–Trinajstić information content (AvgIpc) is 2.55. The minimum atomic E-state index is -3.26. The van der Waals surface area contributed by atoms with Crippen LogP contribution in [-0.2, 0) is 11.1 Å². The fourth-order valence-corrected chi connectivity index (χ4v) is 5.37. The van der Waals surface area contributed by atoms with E-state index in [4.69, 9.17) is 4.74 Å². The summed E-state index contributed by atoms with van der Waals surface area (Å²) in [6, 6.07) is 3.67. The molecule has 0 spiro atoms. The molecule has 1 aliphatic rings. The van der Waals surface area contributed by atoms with Crippen LogP contribution in [0.1, 0.15) is 37.7 Å². The number of nitrogens with one attached hydrogen (secondary N) is 1. The molecule has 0 amide bonds. The van der Waals surface area contributed by atoms with Crippen molar-refractivity contribution in [1.82, 2.24) is 10.3 Å². The molecule has 1 saturated carbocycles. The molecule has 1 aliphatic carbocycles. The highest BCUT2D eigenvalue weighted by Gasteiger charge is 2.27. The Hall–Kier alpha value is -0.650. The second kappa shape index (κ2) is 11.1. The zero-order valence-corrected chi connectivity index (χ0v) is 16.5. The van der Waals surface area contributed by atoms with Crippen LogP contribution in [0.4, 0.5) is 0 Å². The summed E-state index contributed by atoms with van der Waals surface area (Å²) < 4.78 is 17.3. The molecule has 2 atom stereocenters. The predicted molar refractivity (Wildman–Crippen MR) is 102 cm³/mol. The Balaban J connectivity index is 0.00000312. The van der Waals surface area contributed by atoms with Gasteiger partial charge in [-0.05, 0) is 24.3 Å².